The summed E-state index contributed by atoms with van der Waals surface area (Å²) in [7, 11) is 0. The summed E-state index contributed by atoms with van der Waals surface area (Å²) in [4.78, 5) is 18.3. The predicted molar refractivity (Wildman–Crippen MR) is 106 cm³/mol. The van der Waals surface area contributed by atoms with E-state index >= 15 is 0 Å². The molecule has 7 heteroatoms. The molecule has 5 rings (SSSR count). The van der Waals surface area contributed by atoms with Gasteiger partial charge in [-0.25, -0.2) is 0 Å². The molecule has 1 aromatic heterocycles. The normalized spacial score (nSPS) is 15.3. The van der Waals surface area contributed by atoms with Crippen molar-refractivity contribution in [1.82, 2.24) is 4.98 Å². The first-order valence-electron chi connectivity index (χ1n) is 9.66. The molecule has 2 aromatic carbocycles. The standard InChI is InChI=1S/C23H17F3N2O2/c24-23(25,26)30-20-4-2-1-3-19(20)18-11-17(12-27-13-18)16-9-14-5-6-21(29)28-8-7-15(10-16)22(14)28/h1-4,9-13H,5-8H2. The number of aryl methyl sites for hydroxylation is 1. The molecule has 30 heavy (non-hydrogen) atoms. The third-order valence-corrected chi connectivity index (χ3v) is 5.55. The lowest BCUT2D eigenvalue weighted by Crippen LogP contribution is -2.32. The summed E-state index contributed by atoms with van der Waals surface area (Å²) in [6.45, 7) is 0.699. The van der Waals surface area contributed by atoms with Crippen molar-refractivity contribution in [2.75, 3.05) is 11.4 Å². The van der Waals surface area contributed by atoms with Crippen LogP contribution in [0.15, 0.2) is 54.9 Å². The molecule has 152 valence electrons. The Hall–Kier alpha value is -3.35. The van der Waals surface area contributed by atoms with E-state index in [1.54, 1.807) is 18.3 Å². The van der Waals surface area contributed by atoms with Crippen LogP contribution in [0.4, 0.5) is 18.9 Å². The van der Waals surface area contributed by atoms with E-state index in [-0.39, 0.29) is 11.7 Å². The quantitative estimate of drug-likeness (QED) is 0.600. The number of hydrogen-bond acceptors (Lipinski definition) is 3. The van der Waals surface area contributed by atoms with Crippen LogP contribution < -0.4 is 9.64 Å². The second kappa shape index (κ2) is 6.86. The molecular formula is C23H17F3N2O2. The summed E-state index contributed by atoms with van der Waals surface area (Å²) in [5.41, 5.74) is 5.91. The summed E-state index contributed by atoms with van der Waals surface area (Å²) in [5.74, 6) is -0.0962. The summed E-state index contributed by atoms with van der Waals surface area (Å²) in [6.07, 6.45) is 0.452. The van der Waals surface area contributed by atoms with Crippen molar-refractivity contribution in [2.24, 2.45) is 0 Å². The fourth-order valence-electron chi connectivity index (χ4n) is 4.29. The van der Waals surface area contributed by atoms with E-state index in [4.69, 9.17) is 0 Å². The Labute approximate surface area is 170 Å². The number of aromatic nitrogens is 1. The maximum Gasteiger partial charge on any atom is 0.573 e. The van der Waals surface area contributed by atoms with Crippen LogP contribution in [0.25, 0.3) is 22.3 Å². The van der Waals surface area contributed by atoms with Crippen LogP contribution in [-0.4, -0.2) is 23.8 Å². The Bertz CT molecular complexity index is 1160. The lowest BCUT2D eigenvalue weighted by molar-refractivity contribution is -0.274. The molecule has 0 atom stereocenters. The number of amides is 1. The van der Waals surface area contributed by atoms with Gasteiger partial charge in [-0.1, -0.05) is 18.2 Å². The number of anilines is 1. The summed E-state index contributed by atoms with van der Waals surface area (Å²) in [5, 5.41) is 0. The Morgan fingerprint density at radius 2 is 1.63 bits per heavy atom. The van der Waals surface area contributed by atoms with Gasteiger partial charge in [0.05, 0.1) is 5.69 Å². The van der Waals surface area contributed by atoms with E-state index in [0.717, 1.165) is 34.4 Å². The third-order valence-electron chi connectivity index (χ3n) is 5.55. The summed E-state index contributed by atoms with van der Waals surface area (Å²) in [6, 6.07) is 12.0. The largest absolute Gasteiger partial charge is 0.573 e. The number of alkyl halides is 3. The molecule has 3 aromatic rings. The van der Waals surface area contributed by atoms with Gasteiger partial charge in [0.15, 0.2) is 0 Å². The van der Waals surface area contributed by atoms with Crippen molar-refractivity contribution in [3.05, 3.63) is 66.0 Å². The van der Waals surface area contributed by atoms with Crippen LogP contribution in [0.3, 0.4) is 0 Å². The van der Waals surface area contributed by atoms with E-state index in [1.165, 1.54) is 18.3 Å². The molecule has 4 nitrogen and oxygen atoms in total. The molecule has 0 unspecified atom stereocenters. The first-order chi connectivity index (χ1) is 14.4. The minimum atomic E-state index is -4.77. The van der Waals surface area contributed by atoms with Crippen molar-refractivity contribution in [3.63, 3.8) is 0 Å². The van der Waals surface area contributed by atoms with Crippen LogP contribution in [0.1, 0.15) is 17.5 Å². The second-order valence-corrected chi connectivity index (χ2v) is 7.44. The van der Waals surface area contributed by atoms with Crippen molar-refractivity contribution in [2.45, 2.75) is 25.6 Å². The van der Waals surface area contributed by atoms with Crippen molar-refractivity contribution >= 4 is 11.6 Å². The zero-order chi connectivity index (χ0) is 20.9. The van der Waals surface area contributed by atoms with Gasteiger partial charge < -0.3 is 9.64 Å². The van der Waals surface area contributed by atoms with Gasteiger partial charge in [0.2, 0.25) is 5.91 Å². The molecule has 0 spiro atoms. The van der Waals surface area contributed by atoms with Crippen LogP contribution in [-0.2, 0) is 17.6 Å². The van der Waals surface area contributed by atoms with Gasteiger partial charge in [-0.3, -0.25) is 9.78 Å². The average Bonchev–Trinajstić information content (AvgIpc) is 3.15. The van der Waals surface area contributed by atoms with E-state index in [1.807, 2.05) is 11.0 Å². The highest BCUT2D eigenvalue weighted by Crippen LogP contribution is 2.40. The molecule has 3 heterocycles. The Morgan fingerprint density at radius 3 is 2.43 bits per heavy atom. The molecule has 0 saturated carbocycles. The zero-order valence-corrected chi connectivity index (χ0v) is 15.9. The molecular weight excluding hydrogens is 393 g/mol. The molecule has 2 aliphatic heterocycles. The SMILES string of the molecule is O=C1CCc2cc(-c3cncc(-c4ccccc4OC(F)(F)F)c3)cc3c2N1CC3. The van der Waals surface area contributed by atoms with Crippen LogP contribution in [0.5, 0.6) is 5.75 Å². The molecule has 2 aliphatic rings. The second-order valence-electron chi connectivity index (χ2n) is 7.44. The maximum atomic E-state index is 12.8. The molecule has 0 saturated heterocycles. The molecule has 0 bridgehead atoms. The van der Waals surface area contributed by atoms with Gasteiger partial charge in [0.1, 0.15) is 5.75 Å². The number of para-hydroxylation sites is 1. The van der Waals surface area contributed by atoms with Gasteiger partial charge in [-0.15, -0.1) is 13.2 Å². The topological polar surface area (TPSA) is 42.4 Å². The highest BCUT2D eigenvalue weighted by Gasteiger charge is 2.33. The monoisotopic (exact) mass is 410 g/mol. The van der Waals surface area contributed by atoms with Gasteiger partial charge in [0.25, 0.3) is 0 Å². The highest BCUT2D eigenvalue weighted by atomic mass is 19.4. The lowest BCUT2D eigenvalue weighted by Gasteiger charge is -2.25. The van der Waals surface area contributed by atoms with Gasteiger partial charge in [-0.05, 0) is 53.8 Å². The zero-order valence-electron chi connectivity index (χ0n) is 15.9. The lowest BCUT2D eigenvalue weighted by atomic mass is 9.93. The maximum absolute atomic E-state index is 12.8. The fraction of sp³-hybridized carbons (Fsp3) is 0.217. The van der Waals surface area contributed by atoms with Crippen molar-refractivity contribution in [1.29, 1.82) is 0 Å². The summed E-state index contributed by atoms with van der Waals surface area (Å²) < 4.78 is 42.6. The Kier molecular flexibility index (Phi) is 4.27. The Morgan fingerprint density at radius 1 is 0.900 bits per heavy atom. The van der Waals surface area contributed by atoms with Crippen molar-refractivity contribution < 1.29 is 22.7 Å². The number of halogens is 3. The van der Waals surface area contributed by atoms with Gasteiger partial charge in [-0.2, -0.15) is 0 Å². The number of carbonyl (C=O) groups is 1. The van der Waals surface area contributed by atoms with E-state index in [9.17, 15) is 18.0 Å². The Balaban J connectivity index is 1.56. The first kappa shape index (κ1) is 18.7. The number of benzene rings is 2. The number of rotatable bonds is 3. The van der Waals surface area contributed by atoms with Crippen LogP contribution in [0, 0.1) is 0 Å². The number of ether oxygens (including phenoxy) is 1. The van der Waals surface area contributed by atoms with E-state index < -0.39 is 6.36 Å². The smallest absolute Gasteiger partial charge is 0.405 e. The minimum Gasteiger partial charge on any atom is -0.405 e. The van der Waals surface area contributed by atoms with Crippen LogP contribution >= 0.6 is 0 Å². The molecule has 0 aliphatic carbocycles. The number of carbonyl (C=O) groups excluding carboxylic acids is 1. The predicted octanol–water partition coefficient (Wildman–Crippen LogP) is 5.15. The summed E-state index contributed by atoms with van der Waals surface area (Å²) >= 11 is 0. The van der Waals surface area contributed by atoms with E-state index in [0.29, 0.717) is 30.5 Å². The van der Waals surface area contributed by atoms with Crippen molar-refractivity contribution in [3.8, 4) is 28.0 Å². The van der Waals surface area contributed by atoms with Gasteiger partial charge in [0, 0.05) is 42.0 Å². The number of hydrogen-bond donors (Lipinski definition) is 0. The number of nitrogens with zero attached hydrogens (tertiary/aromatic N) is 2. The highest BCUT2D eigenvalue weighted by molar-refractivity contribution is 5.99. The molecule has 0 radical (unpaired) electrons. The first-order valence-corrected chi connectivity index (χ1v) is 9.66. The van der Waals surface area contributed by atoms with E-state index in [2.05, 4.69) is 21.9 Å². The minimum absolute atomic E-state index is 0.166. The van der Waals surface area contributed by atoms with Gasteiger partial charge >= 0.3 is 6.36 Å². The molecule has 0 N–H and O–H groups in total. The third kappa shape index (κ3) is 3.30. The molecule has 1 amide bonds. The average molecular weight is 410 g/mol. The fourth-order valence-corrected chi connectivity index (χ4v) is 4.29. The number of pyridine rings is 1. The molecule has 0 fully saturated rings. The van der Waals surface area contributed by atoms with Crippen LogP contribution in [0.2, 0.25) is 0 Å².